The number of benzene rings is 7. The van der Waals surface area contributed by atoms with Crippen LogP contribution in [0.25, 0.3) is 77.3 Å². The third kappa shape index (κ3) is 3.96. The number of hydrogen-bond donors (Lipinski definition) is 0. The van der Waals surface area contributed by atoms with E-state index in [0.717, 1.165) is 57.2 Å². The number of hydrogen-bond acceptors (Lipinski definition) is 2. The third-order valence-corrected chi connectivity index (χ3v) is 13.6. The Morgan fingerprint density at radius 2 is 1.00 bits per heavy atom. The molecule has 1 heterocycles. The molecule has 1 aromatic heterocycles. The van der Waals surface area contributed by atoms with Gasteiger partial charge in [-0.25, -0.2) is 9.97 Å². The fraction of sp³-hybridized carbons (Fsp3) is 0.200. The molecule has 5 aliphatic carbocycles. The van der Waals surface area contributed by atoms with Crippen molar-refractivity contribution in [3.05, 3.63) is 157 Å². The van der Waals surface area contributed by atoms with Gasteiger partial charge in [0.2, 0.25) is 0 Å². The van der Waals surface area contributed by atoms with E-state index in [4.69, 9.17) is 9.97 Å². The van der Waals surface area contributed by atoms with Gasteiger partial charge in [0.15, 0.2) is 0 Å². The molecule has 13 rings (SSSR count). The van der Waals surface area contributed by atoms with Crippen molar-refractivity contribution in [1.82, 2.24) is 9.97 Å². The van der Waals surface area contributed by atoms with Crippen LogP contribution in [0.5, 0.6) is 0 Å². The number of rotatable bonds is 3. The van der Waals surface area contributed by atoms with Gasteiger partial charge in [-0.05, 0) is 141 Å². The molecular weight excluding hydrogens is 629 g/mol. The molecule has 2 heteroatoms. The molecule has 0 unspecified atom stereocenters. The molecular formula is C50H38N2. The van der Waals surface area contributed by atoms with Gasteiger partial charge in [0, 0.05) is 16.5 Å². The Hall–Kier alpha value is -5.60. The minimum atomic E-state index is 0.110. The van der Waals surface area contributed by atoms with Crippen LogP contribution in [0.3, 0.4) is 0 Å². The van der Waals surface area contributed by atoms with Crippen LogP contribution in [0.15, 0.2) is 146 Å². The predicted molar refractivity (Wildman–Crippen MR) is 214 cm³/mol. The summed E-state index contributed by atoms with van der Waals surface area (Å²) >= 11 is 0. The second-order valence-corrected chi connectivity index (χ2v) is 16.2. The van der Waals surface area contributed by atoms with Gasteiger partial charge < -0.3 is 0 Å². The highest BCUT2D eigenvalue weighted by molar-refractivity contribution is 6.06. The molecule has 7 aromatic carbocycles. The molecule has 1 spiro atoms. The summed E-state index contributed by atoms with van der Waals surface area (Å²) in [5.74, 6) is 3.28. The van der Waals surface area contributed by atoms with Crippen molar-refractivity contribution in [3.63, 3.8) is 0 Å². The molecule has 0 atom stereocenters. The predicted octanol–water partition coefficient (Wildman–Crippen LogP) is 12.7. The molecule has 0 N–H and O–H groups in total. The summed E-state index contributed by atoms with van der Waals surface area (Å²) in [4.78, 5) is 10.5. The van der Waals surface area contributed by atoms with Crippen molar-refractivity contribution in [2.45, 2.75) is 37.5 Å². The molecule has 4 fully saturated rings. The Balaban J connectivity index is 1.07. The minimum absolute atomic E-state index is 0.110. The number of para-hydroxylation sites is 2. The van der Waals surface area contributed by atoms with E-state index < -0.39 is 0 Å². The van der Waals surface area contributed by atoms with Crippen molar-refractivity contribution in [2.24, 2.45) is 23.7 Å². The van der Waals surface area contributed by atoms with Crippen molar-refractivity contribution in [3.8, 4) is 44.8 Å². The molecule has 4 bridgehead atoms. The van der Waals surface area contributed by atoms with Crippen LogP contribution in [-0.2, 0) is 5.41 Å². The molecule has 4 saturated carbocycles. The summed E-state index contributed by atoms with van der Waals surface area (Å²) in [7, 11) is 0. The second kappa shape index (κ2) is 10.7. The first-order valence-electron chi connectivity index (χ1n) is 19.3. The van der Waals surface area contributed by atoms with Gasteiger partial charge in [0.05, 0.1) is 22.4 Å². The summed E-state index contributed by atoms with van der Waals surface area (Å²) in [6.07, 6.45) is 7.01. The van der Waals surface area contributed by atoms with Crippen molar-refractivity contribution >= 4 is 32.6 Å². The van der Waals surface area contributed by atoms with E-state index in [1.807, 2.05) is 6.07 Å². The molecule has 2 nitrogen and oxygen atoms in total. The van der Waals surface area contributed by atoms with Crippen LogP contribution in [0.4, 0.5) is 0 Å². The molecule has 0 amide bonds. The fourth-order valence-corrected chi connectivity index (χ4v) is 11.8. The average Bonchev–Trinajstić information content (AvgIpc) is 3.47. The van der Waals surface area contributed by atoms with E-state index in [-0.39, 0.29) is 5.41 Å². The maximum absolute atomic E-state index is 5.30. The van der Waals surface area contributed by atoms with Crippen LogP contribution >= 0.6 is 0 Å². The summed E-state index contributed by atoms with van der Waals surface area (Å²) in [5, 5.41) is 5.21. The maximum Gasteiger partial charge on any atom is 0.0979 e. The first-order chi connectivity index (χ1) is 25.7. The van der Waals surface area contributed by atoms with E-state index >= 15 is 0 Å². The molecule has 0 radical (unpaired) electrons. The van der Waals surface area contributed by atoms with Crippen LogP contribution < -0.4 is 0 Å². The standard InChI is InChI=1S/C50H38N2/c1-2-10-32(11-3-1)48-49(52-47-19-7-6-18-46(47)51-48)42-17-9-15-39-38(14-8-16-40(39)42)35-20-21-41-43-27-33-12-4-5-13-34(33)28-45(43)50(44(41)29-35)36-23-30-22-31(25-36)26-37(50)24-30/h1-21,27-31,36-37H,22-26H2. The van der Waals surface area contributed by atoms with Crippen molar-refractivity contribution in [1.29, 1.82) is 0 Å². The Morgan fingerprint density at radius 3 is 1.73 bits per heavy atom. The minimum Gasteiger partial charge on any atom is -0.244 e. The topological polar surface area (TPSA) is 25.8 Å². The molecule has 8 aromatic rings. The molecule has 52 heavy (non-hydrogen) atoms. The zero-order valence-electron chi connectivity index (χ0n) is 29.1. The summed E-state index contributed by atoms with van der Waals surface area (Å²) < 4.78 is 0. The summed E-state index contributed by atoms with van der Waals surface area (Å²) in [5.41, 5.74) is 14.8. The van der Waals surface area contributed by atoms with Gasteiger partial charge >= 0.3 is 0 Å². The van der Waals surface area contributed by atoms with Gasteiger partial charge in [-0.1, -0.05) is 115 Å². The zero-order chi connectivity index (χ0) is 34.0. The number of nitrogens with zero attached hydrogens (tertiary/aromatic N) is 2. The highest BCUT2D eigenvalue weighted by Crippen LogP contribution is 2.69. The highest BCUT2D eigenvalue weighted by atomic mass is 14.8. The van der Waals surface area contributed by atoms with E-state index in [1.54, 1.807) is 11.1 Å². The van der Waals surface area contributed by atoms with Crippen LogP contribution in [0.2, 0.25) is 0 Å². The lowest BCUT2D eigenvalue weighted by atomic mass is 9.43. The molecule has 5 aliphatic rings. The van der Waals surface area contributed by atoms with E-state index in [9.17, 15) is 0 Å². The van der Waals surface area contributed by atoms with Crippen LogP contribution in [-0.4, -0.2) is 9.97 Å². The van der Waals surface area contributed by atoms with E-state index in [0.29, 0.717) is 0 Å². The summed E-state index contributed by atoms with van der Waals surface area (Å²) in [6.45, 7) is 0. The number of aromatic nitrogens is 2. The van der Waals surface area contributed by atoms with E-state index in [2.05, 4.69) is 140 Å². The molecule has 0 saturated heterocycles. The third-order valence-electron chi connectivity index (χ3n) is 13.6. The lowest BCUT2D eigenvalue weighted by Gasteiger charge is -2.61. The SMILES string of the molecule is c1ccc(-c2nc3ccccc3nc2-c2cccc3c(-c4ccc5c(c4)C4(c6cc7ccccc7cc6-5)C5CC6CC(C5)CC4C6)cccc23)cc1. The fourth-order valence-electron chi connectivity index (χ4n) is 11.8. The van der Waals surface area contributed by atoms with Gasteiger partial charge in [-0.15, -0.1) is 0 Å². The lowest BCUT2D eigenvalue weighted by Crippen LogP contribution is -2.55. The normalized spacial score (nSPS) is 23.8. The quantitative estimate of drug-likeness (QED) is 0.188. The Morgan fingerprint density at radius 1 is 0.404 bits per heavy atom. The maximum atomic E-state index is 5.30. The lowest BCUT2D eigenvalue weighted by molar-refractivity contribution is -0.0398. The Labute approximate surface area is 304 Å². The number of fused-ring (bicyclic) bond motifs is 6. The Bertz CT molecular complexity index is 2730. The first kappa shape index (κ1) is 29.0. The highest BCUT2D eigenvalue weighted by Gasteiger charge is 2.61. The molecule has 0 aliphatic heterocycles. The molecule has 248 valence electrons. The smallest absolute Gasteiger partial charge is 0.0979 e. The van der Waals surface area contributed by atoms with Gasteiger partial charge in [-0.2, -0.15) is 0 Å². The second-order valence-electron chi connectivity index (χ2n) is 16.2. The van der Waals surface area contributed by atoms with Crippen molar-refractivity contribution < 1.29 is 0 Å². The van der Waals surface area contributed by atoms with E-state index in [1.165, 1.54) is 75.9 Å². The van der Waals surface area contributed by atoms with Gasteiger partial charge in [-0.3, -0.25) is 0 Å². The van der Waals surface area contributed by atoms with Gasteiger partial charge in [0.1, 0.15) is 0 Å². The van der Waals surface area contributed by atoms with Gasteiger partial charge in [0.25, 0.3) is 0 Å². The first-order valence-corrected chi connectivity index (χ1v) is 19.3. The summed E-state index contributed by atoms with van der Waals surface area (Å²) in [6, 6.07) is 54.0. The monoisotopic (exact) mass is 666 g/mol. The van der Waals surface area contributed by atoms with Crippen molar-refractivity contribution in [2.75, 3.05) is 0 Å². The van der Waals surface area contributed by atoms with Crippen LogP contribution in [0.1, 0.15) is 43.2 Å². The Kier molecular flexibility index (Phi) is 5.98. The average molecular weight is 667 g/mol. The largest absolute Gasteiger partial charge is 0.244 e. The van der Waals surface area contributed by atoms with Crippen LogP contribution in [0, 0.1) is 23.7 Å². The zero-order valence-corrected chi connectivity index (χ0v) is 29.1.